The first-order chi connectivity index (χ1) is 42.9. The number of allylic oxidation sites excluding steroid dienone is 12. The molecule has 0 bridgehead atoms. The first-order valence-corrected chi connectivity index (χ1v) is 30.9. The van der Waals surface area contributed by atoms with Crippen LogP contribution < -0.4 is 10.6 Å². The second-order valence-electron chi connectivity index (χ2n) is 23.6. The summed E-state index contributed by atoms with van der Waals surface area (Å²) in [5.41, 5.74) is 33.5. The molecule has 16 rings (SSSR count). The van der Waals surface area contributed by atoms with Crippen molar-refractivity contribution in [1.29, 1.82) is 0 Å². The molecule has 420 valence electrons. The lowest BCUT2D eigenvalue weighted by molar-refractivity contribution is 0.725. The Labute approximate surface area is 514 Å². The molecule has 0 saturated carbocycles. The minimum absolute atomic E-state index is 0.280. The Morgan fingerprint density at radius 2 is 0.931 bits per heavy atom. The fraction of sp³-hybridized carbons (Fsp3) is 0.129. The van der Waals surface area contributed by atoms with Crippen molar-refractivity contribution < 1.29 is 0 Å². The molecule has 2 nitrogen and oxygen atoms in total. The van der Waals surface area contributed by atoms with E-state index >= 15 is 0 Å². The lowest BCUT2D eigenvalue weighted by Crippen LogP contribution is -2.27. The largest absolute Gasteiger partial charge is 0.356 e. The summed E-state index contributed by atoms with van der Waals surface area (Å²) in [6.07, 6.45) is 19.6. The molecule has 6 aliphatic carbocycles. The van der Waals surface area contributed by atoms with Gasteiger partial charge in [-0.25, -0.2) is 0 Å². The Morgan fingerprint density at radius 3 is 1.56 bits per heavy atom. The van der Waals surface area contributed by atoms with Crippen LogP contribution in [0.5, 0.6) is 0 Å². The molecule has 0 aliphatic heterocycles. The molecule has 2 heteroatoms. The van der Waals surface area contributed by atoms with E-state index in [4.69, 9.17) is 0 Å². The molecule has 0 aromatic heterocycles. The zero-order valence-corrected chi connectivity index (χ0v) is 50.3. The predicted octanol–water partition coefficient (Wildman–Crippen LogP) is 22.3. The Morgan fingerprint density at radius 1 is 0.437 bits per heavy atom. The summed E-state index contributed by atoms with van der Waals surface area (Å²) in [4.78, 5) is 0. The smallest absolute Gasteiger partial charge is 0.0722 e. The third kappa shape index (κ3) is 9.12. The van der Waals surface area contributed by atoms with Gasteiger partial charge in [-0.3, -0.25) is 0 Å². The molecule has 10 aromatic carbocycles. The molecule has 0 fully saturated rings. The Bertz CT molecular complexity index is 4560. The summed E-state index contributed by atoms with van der Waals surface area (Å²) >= 11 is 0. The fourth-order valence-electron chi connectivity index (χ4n) is 15.0. The van der Waals surface area contributed by atoms with E-state index < -0.39 is 0 Å². The number of hydrogen-bond acceptors (Lipinski definition) is 2. The van der Waals surface area contributed by atoms with Gasteiger partial charge in [-0.1, -0.05) is 244 Å². The van der Waals surface area contributed by atoms with Crippen molar-refractivity contribution >= 4 is 39.5 Å². The van der Waals surface area contributed by atoms with Gasteiger partial charge in [0.25, 0.3) is 0 Å². The molecular formula is C85H70N2. The molecule has 0 heterocycles. The molecule has 2 spiro atoms. The highest BCUT2D eigenvalue weighted by Gasteiger charge is 2.54. The van der Waals surface area contributed by atoms with Crippen LogP contribution in [0.4, 0.5) is 22.7 Å². The zero-order valence-electron chi connectivity index (χ0n) is 50.3. The first-order valence-electron chi connectivity index (χ1n) is 30.9. The molecule has 2 N–H and O–H groups in total. The van der Waals surface area contributed by atoms with Crippen molar-refractivity contribution in [2.24, 2.45) is 5.92 Å². The van der Waals surface area contributed by atoms with Crippen LogP contribution in [0.2, 0.25) is 0 Å². The van der Waals surface area contributed by atoms with Crippen molar-refractivity contribution in [3.05, 3.63) is 340 Å². The summed E-state index contributed by atoms with van der Waals surface area (Å²) in [6, 6.07) is 86.9. The summed E-state index contributed by atoms with van der Waals surface area (Å²) in [6.45, 7) is 10.4. The SMILES string of the molecule is C/C=C\C1=C(C)c2ccccc2C12c1ccccc1-c1c(Nc3ccc(C4=CCCC=C4)cc3)cccc12.CC#CC.CC1C=CC2=C(C1)c1ccccc1C21c2ccccc2-c2c(-c3ccc(Nc4ccc(-c5ccccc5)cc4)cc3)cccc21. The zero-order chi connectivity index (χ0) is 59.1. The van der Waals surface area contributed by atoms with Gasteiger partial charge in [-0.2, -0.15) is 0 Å². The van der Waals surface area contributed by atoms with Crippen LogP contribution in [-0.2, 0) is 10.8 Å². The number of nitrogens with one attached hydrogen (secondary N) is 2. The van der Waals surface area contributed by atoms with E-state index in [9.17, 15) is 0 Å². The standard InChI is InChI=1S/C44H33N.C37H31N.C4H6/c1-29-18-27-41-38(28-29)36-12-5-7-15-39(36)44(41)40-16-8-6-13-37(40)43-35(14-9-17-42(43)44)32-21-25-34(26-22-32)45-33-23-19-31(20-24-33)30-10-3-2-4-11-30;1-3-12-31-25(2)29-15-7-9-17-32(29)37(31)33-18-10-8-16-30(33)36-34(37)19-11-20-35(36)38-28-23-21-27(22-24-28)26-13-5-4-6-14-26;1-3-4-2/h2-27,29,45H,28H2,1H3;3,5,7-24,38H,4,6H2,1-2H3;1-2H3/b;12-3-;. The Balaban J connectivity index is 0.000000146. The number of hydrogen-bond donors (Lipinski definition) is 2. The van der Waals surface area contributed by atoms with Crippen LogP contribution in [0.1, 0.15) is 104 Å². The molecule has 10 aromatic rings. The van der Waals surface area contributed by atoms with E-state index in [2.05, 4.69) is 322 Å². The number of benzene rings is 10. The van der Waals surface area contributed by atoms with E-state index in [1.807, 2.05) is 13.8 Å². The maximum Gasteiger partial charge on any atom is 0.0722 e. The van der Waals surface area contributed by atoms with Crippen molar-refractivity contribution in [2.45, 2.75) is 64.7 Å². The van der Waals surface area contributed by atoms with Crippen LogP contribution in [-0.4, -0.2) is 0 Å². The average Bonchev–Trinajstić information content (AvgIpc) is 1.53. The van der Waals surface area contributed by atoms with Gasteiger partial charge in [0.2, 0.25) is 0 Å². The van der Waals surface area contributed by atoms with Gasteiger partial charge >= 0.3 is 0 Å². The van der Waals surface area contributed by atoms with Crippen LogP contribution in [0.15, 0.2) is 290 Å². The van der Waals surface area contributed by atoms with Crippen molar-refractivity contribution in [2.75, 3.05) is 10.6 Å². The predicted molar refractivity (Wildman–Crippen MR) is 369 cm³/mol. The van der Waals surface area contributed by atoms with Gasteiger partial charge < -0.3 is 10.6 Å². The van der Waals surface area contributed by atoms with Crippen molar-refractivity contribution in [3.8, 4) is 56.3 Å². The molecule has 6 aliphatic rings. The Hall–Kier alpha value is -10.2. The minimum Gasteiger partial charge on any atom is -0.356 e. The van der Waals surface area contributed by atoms with Crippen molar-refractivity contribution in [3.63, 3.8) is 0 Å². The average molecular weight is 1120 g/mol. The lowest BCUT2D eigenvalue weighted by Gasteiger charge is -2.32. The molecule has 3 unspecified atom stereocenters. The number of anilines is 4. The Kier molecular flexibility index (Phi) is 14.5. The van der Waals surface area contributed by atoms with Gasteiger partial charge in [0.05, 0.1) is 10.8 Å². The molecule has 0 saturated heterocycles. The topological polar surface area (TPSA) is 24.1 Å². The normalized spacial score (nSPS) is 18.2. The van der Waals surface area contributed by atoms with Crippen LogP contribution in [0.3, 0.4) is 0 Å². The van der Waals surface area contributed by atoms with Gasteiger partial charge in [-0.15, -0.1) is 11.8 Å². The second-order valence-corrected chi connectivity index (χ2v) is 23.6. The highest BCUT2D eigenvalue weighted by atomic mass is 14.9. The molecule has 3 atom stereocenters. The van der Waals surface area contributed by atoms with E-state index in [1.165, 1.54) is 122 Å². The summed E-state index contributed by atoms with van der Waals surface area (Å²) in [5.74, 6) is 5.91. The molecule has 0 radical (unpaired) electrons. The summed E-state index contributed by atoms with van der Waals surface area (Å²) in [5, 5.41) is 7.39. The second kappa shape index (κ2) is 23.0. The third-order valence-corrected chi connectivity index (χ3v) is 18.7. The highest BCUT2D eigenvalue weighted by Crippen LogP contribution is 2.66. The lowest BCUT2D eigenvalue weighted by atomic mass is 9.68. The van der Waals surface area contributed by atoms with Gasteiger partial charge in [0.15, 0.2) is 0 Å². The maximum atomic E-state index is 3.79. The third-order valence-electron chi connectivity index (χ3n) is 18.7. The molecule has 0 amide bonds. The monoisotopic (exact) mass is 1120 g/mol. The van der Waals surface area contributed by atoms with E-state index in [0.29, 0.717) is 5.92 Å². The quantitative estimate of drug-likeness (QED) is 0.148. The fourth-order valence-corrected chi connectivity index (χ4v) is 15.0. The van der Waals surface area contributed by atoms with Gasteiger partial charge in [-0.05, 0) is 212 Å². The van der Waals surface area contributed by atoms with Gasteiger partial charge in [0.1, 0.15) is 0 Å². The van der Waals surface area contributed by atoms with E-state index in [-0.39, 0.29) is 10.8 Å². The number of rotatable bonds is 8. The first kappa shape index (κ1) is 54.7. The molecule has 87 heavy (non-hydrogen) atoms. The van der Waals surface area contributed by atoms with E-state index in [1.54, 1.807) is 0 Å². The highest BCUT2D eigenvalue weighted by molar-refractivity contribution is 6.02. The number of fused-ring (bicyclic) bond motifs is 16. The van der Waals surface area contributed by atoms with Crippen LogP contribution in [0, 0.1) is 17.8 Å². The maximum absolute atomic E-state index is 3.79. The summed E-state index contributed by atoms with van der Waals surface area (Å²) < 4.78 is 0. The van der Waals surface area contributed by atoms with Crippen LogP contribution >= 0.6 is 0 Å². The van der Waals surface area contributed by atoms with Gasteiger partial charge in [0, 0.05) is 28.3 Å². The molecular weight excluding hydrogens is 1050 g/mol. The van der Waals surface area contributed by atoms with Crippen molar-refractivity contribution in [1.82, 2.24) is 0 Å². The summed E-state index contributed by atoms with van der Waals surface area (Å²) in [7, 11) is 0. The van der Waals surface area contributed by atoms with Crippen LogP contribution in [0.25, 0.3) is 61.2 Å². The minimum atomic E-state index is -0.305. The van der Waals surface area contributed by atoms with E-state index in [0.717, 1.165) is 42.0 Å².